The normalized spacial score (nSPS) is 11.3. The third-order valence-electron chi connectivity index (χ3n) is 10.0. The molecule has 10 aromatic rings. The minimum absolute atomic E-state index is 0.851. The lowest BCUT2D eigenvalue weighted by molar-refractivity contribution is 1.27. The first-order valence-corrected chi connectivity index (χ1v) is 18.4. The van der Waals surface area contributed by atoms with Gasteiger partial charge in [0.15, 0.2) is 0 Å². The van der Waals surface area contributed by atoms with E-state index in [-0.39, 0.29) is 0 Å². The molecular weight excluding hydrogens is 671 g/mol. The second-order valence-electron chi connectivity index (χ2n) is 13.5. The zero-order chi connectivity index (χ0) is 36.6. The molecule has 5 nitrogen and oxygen atoms in total. The Morgan fingerprint density at radius 2 is 0.582 bits per heavy atom. The van der Waals surface area contributed by atoms with Crippen molar-refractivity contribution in [2.75, 3.05) is 4.90 Å². The van der Waals surface area contributed by atoms with Crippen LogP contribution in [0.4, 0.5) is 17.1 Å². The molecule has 0 aliphatic heterocycles. The molecular formula is C50H33N5. The van der Waals surface area contributed by atoms with Crippen molar-refractivity contribution in [1.82, 2.24) is 19.9 Å². The van der Waals surface area contributed by atoms with E-state index in [0.29, 0.717) is 0 Å². The number of benzene rings is 8. The molecule has 0 aliphatic rings. The average molecular weight is 704 g/mol. The van der Waals surface area contributed by atoms with Crippen molar-refractivity contribution in [3.05, 3.63) is 200 Å². The second kappa shape index (κ2) is 13.8. The van der Waals surface area contributed by atoms with Crippen LogP contribution >= 0.6 is 0 Å². The second-order valence-corrected chi connectivity index (χ2v) is 13.5. The molecule has 8 aromatic carbocycles. The van der Waals surface area contributed by atoms with Gasteiger partial charge in [0.25, 0.3) is 0 Å². The van der Waals surface area contributed by atoms with Crippen LogP contribution in [-0.4, -0.2) is 19.9 Å². The molecule has 0 radical (unpaired) electrons. The van der Waals surface area contributed by atoms with E-state index in [9.17, 15) is 0 Å². The molecule has 0 atom stereocenters. The molecule has 2 aromatic heterocycles. The van der Waals surface area contributed by atoms with Crippen LogP contribution in [0.25, 0.3) is 77.9 Å². The summed E-state index contributed by atoms with van der Waals surface area (Å²) in [7, 11) is 0. The Morgan fingerprint density at radius 1 is 0.255 bits per heavy atom. The van der Waals surface area contributed by atoms with Crippen molar-refractivity contribution in [1.29, 1.82) is 0 Å². The first kappa shape index (κ1) is 32.2. The highest BCUT2D eigenvalue weighted by molar-refractivity contribution is 5.92. The van der Waals surface area contributed by atoms with E-state index in [1.165, 1.54) is 10.8 Å². The lowest BCUT2D eigenvalue weighted by Crippen LogP contribution is -2.10. The van der Waals surface area contributed by atoms with E-state index in [1.54, 1.807) is 0 Å². The molecule has 55 heavy (non-hydrogen) atoms. The van der Waals surface area contributed by atoms with Crippen molar-refractivity contribution < 1.29 is 0 Å². The van der Waals surface area contributed by atoms with Crippen LogP contribution in [0.15, 0.2) is 200 Å². The molecule has 0 bridgehead atoms. The Balaban J connectivity index is 1.09. The van der Waals surface area contributed by atoms with E-state index in [0.717, 1.165) is 84.2 Å². The predicted molar refractivity (Wildman–Crippen MR) is 227 cm³/mol. The molecule has 2 heterocycles. The summed E-state index contributed by atoms with van der Waals surface area (Å²) in [6, 6.07) is 69.1. The van der Waals surface area contributed by atoms with E-state index < -0.39 is 0 Å². The highest BCUT2D eigenvalue weighted by atomic mass is 15.1. The number of hydrogen-bond donors (Lipinski definition) is 0. The summed E-state index contributed by atoms with van der Waals surface area (Å²) >= 11 is 0. The van der Waals surface area contributed by atoms with E-state index >= 15 is 0 Å². The summed E-state index contributed by atoms with van der Waals surface area (Å²) < 4.78 is 0. The van der Waals surface area contributed by atoms with Gasteiger partial charge in [-0.2, -0.15) is 0 Å². The van der Waals surface area contributed by atoms with Crippen LogP contribution in [0.2, 0.25) is 0 Å². The monoisotopic (exact) mass is 703 g/mol. The van der Waals surface area contributed by atoms with Gasteiger partial charge in [0.2, 0.25) is 0 Å². The van der Waals surface area contributed by atoms with Crippen molar-refractivity contribution in [3.8, 4) is 45.0 Å². The van der Waals surface area contributed by atoms with Gasteiger partial charge in [-0.3, -0.25) is 0 Å². The van der Waals surface area contributed by atoms with Gasteiger partial charge in [0.1, 0.15) is 0 Å². The summed E-state index contributed by atoms with van der Waals surface area (Å²) in [5.41, 5.74) is 14.1. The fourth-order valence-corrected chi connectivity index (χ4v) is 7.30. The van der Waals surface area contributed by atoms with Gasteiger partial charge >= 0.3 is 0 Å². The maximum atomic E-state index is 5.15. The highest BCUT2D eigenvalue weighted by Gasteiger charge is 2.18. The Hall–Kier alpha value is -7.50. The lowest BCUT2D eigenvalue weighted by atomic mass is 10.0. The summed E-state index contributed by atoms with van der Waals surface area (Å²) in [4.78, 5) is 22.8. The van der Waals surface area contributed by atoms with E-state index in [1.807, 2.05) is 84.9 Å². The largest absolute Gasteiger partial charge is 0.310 e. The zero-order valence-corrected chi connectivity index (χ0v) is 29.8. The smallest absolute Gasteiger partial charge is 0.0973 e. The molecule has 0 fully saturated rings. The van der Waals surface area contributed by atoms with Gasteiger partial charge in [-0.05, 0) is 71.4 Å². The van der Waals surface area contributed by atoms with Gasteiger partial charge in [-0.1, -0.05) is 140 Å². The molecule has 258 valence electrons. The maximum Gasteiger partial charge on any atom is 0.0973 e. The van der Waals surface area contributed by atoms with Crippen molar-refractivity contribution >= 4 is 49.9 Å². The van der Waals surface area contributed by atoms with Gasteiger partial charge in [-0.15, -0.1) is 0 Å². The minimum Gasteiger partial charge on any atom is -0.310 e. The van der Waals surface area contributed by atoms with Crippen LogP contribution < -0.4 is 4.90 Å². The molecule has 10 rings (SSSR count). The molecule has 0 saturated heterocycles. The standard InChI is InChI=1S/C50H33N5/c1-3-14-35(15-4-1)47-49(53-45-21-11-9-19-43(45)51-47)37-24-28-40(29-25-37)55(42-32-23-34-13-7-8-18-39(34)33-42)41-30-26-38(27-31-41)50-48(36-16-5-2-6-17-36)52-44-20-10-12-22-46(44)54-50/h1-33H. The van der Waals surface area contributed by atoms with Crippen molar-refractivity contribution in [2.45, 2.75) is 0 Å². The Morgan fingerprint density at radius 3 is 1.00 bits per heavy atom. The Bertz CT molecular complexity index is 2800. The molecule has 0 unspecified atom stereocenters. The third-order valence-corrected chi connectivity index (χ3v) is 10.0. The average Bonchev–Trinajstić information content (AvgIpc) is 3.26. The summed E-state index contributed by atoms with van der Waals surface area (Å²) in [5.74, 6) is 0. The topological polar surface area (TPSA) is 54.8 Å². The van der Waals surface area contributed by atoms with Crippen molar-refractivity contribution in [2.24, 2.45) is 0 Å². The fraction of sp³-hybridized carbons (Fsp3) is 0. The van der Waals surface area contributed by atoms with E-state index in [4.69, 9.17) is 19.9 Å². The third kappa shape index (κ3) is 6.14. The molecule has 5 heteroatoms. The zero-order valence-electron chi connectivity index (χ0n) is 29.8. The van der Waals surface area contributed by atoms with Crippen LogP contribution in [0.3, 0.4) is 0 Å². The minimum atomic E-state index is 0.851. The van der Waals surface area contributed by atoms with Gasteiger partial charge in [0.05, 0.1) is 44.8 Å². The number of rotatable bonds is 7. The predicted octanol–water partition coefficient (Wildman–Crippen LogP) is 12.9. The van der Waals surface area contributed by atoms with Crippen LogP contribution in [0.1, 0.15) is 0 Å². The number of hydrogen-bond acceptors (Lipinski definition) is 5. The van der Waals surface area contributed by atoms with Crippen LogP contribution in [-0.2, 0) is 0 Å². The molecule has 0 N–H and O–H groups in total. The Kier molecular flexibility index (Phi) is 8.08. The lowest BCUT2D eigenvalue weighted by Gasteiger charge is -2.26. The highest BCUT2D eigenvalue weighted by Crippen LogP contribution is 2.40. The molecule has 0 saturated carbocycles. The molecule has 0 spiro atoms. The summed E-state index contributed by atoms with van der Waals surface area (Å²) in [6.07, 6.45) is 0. The fourth-order valence-electron chi connectivity index (χ4n) is 7.30. The first-order valence-electron chi connectivity index (χ1n) is 18.4. The quantitative estimate of drug-likeness (QED) is 0.165. The van der Waals surface area contributed by atoms with Gasteiger partial charge in [-0.25, -0.2) is 19.9 Å². The van der Waals surface area contributed by atoms with Crippen molar-refractivity contribution in [3.63, 3.8) is 0 Å². The van der Waals surface area contributed by atoms with Gasteiger partial charge in [0, 0.05) is 39.3 Å². The Labute approximate surface area is 318 Å². The van der Waals surface area contributed by atoms with Crippen LogP contribution in [0.5, 0.6) is 0 Å². The van der Waals surface area contributed by atoms with E-state index in [2.05, 4.69) is 120 Å². The maximum absolute atomic E-state index is 5.15. The first-order chi connectivity index (χ1) is 27.2. The van der Waals surface area contributed by atoms with Crippen LogP contribution in [0, 0.1) is 0 Å². The number of anilines is 3. The number of aromatic nitrogens is 4. The van der Waals surface area contributed by atoms with Gasteiger partial charge < -0.3 is 4.90 Å². The number of nitrogens with zero attached hydrogens (tertiary/aromatic N) is 5. The number of fused-ring (bicyclic) bond motifs is 3. The summed E-state index contributed by atoms with van der Waals surface area (Å²) in [5, 5.41) is 2.37. The molecule has 0 aliphatic carbocycles. The molecule has 0 amide bonds. The summed E-state index contributed by atoms with van der Waals surface area (Å²) in [6.45, 7) is 0. The number of para-hydroxylation sites is 4. The SMILES string of the molecule is c1ccc(-c2nc3ccccc3nc2-c2ccc(N(c3ccc(-c4nc5ccccc5nc4-c4ccccc4)cc3)c3ccc4ccccc4c3)cc2)cc1.